The summed E-state index contributed by atoms with van der Waals surface area (Å²) in [5, 5.41) is 0. The number of hydrogen-bond acceptors (Lipinski definition) is 2. The van der Waals surface area contributed by atoms with Crippen molar-refractivity contribution < 1.29 is 9.16 Å². The summed E-state index contributed by atoms with van der Waals surface area (Å²) in [5.41, 5.74) is 0. The van der Waals surface area contributed by atoms with Crippen LogP contribution in [-0.2, 0) is 9.16 Å². The van der Waals surface area contributed by atoms with Crippen LogP contribution < -0.4 is 0 Å². The fourth-order valence-electron chi connectivity index (χ4n) is 1.46. The van der Waals surface area contributed by atoms with Crippen LogP contribution in [0, 0.1) is 0 Å². The highest BCUT2D eigenvalue weighted by Gasteiger charge is 2.13. The van der Waals surface area contributed by atoms with Gasteiger partial charge in [-0.2, -0.15) is 0 Å². The van der Waals surface area contributed by atoms with E-state index in [1.54, 1.807) is 0 Å². The smallest absolute Gasteiger partial charge is 0.183 e. The summed E-state index contributed by atoms with van der Waals surface area (Å²) < 4.78 is 11.3. The highest BCUT2D eigenvalue weighted by Crippen LogP contribution is 2.17. The van der Waals surface area contributed by atoms with Gasteiger partial charge in [-0.3, -0.25) is 0 Å². The molecule has 0 heterocycles. The molecule has 0 radical (unpaired) electrons. The van der Waals surface area contributed by atoms with Crippen molar-refractivity contribution >= 4 is 8.32 Å². The van der Waals surface area contributed by atoms with E-state index in [-0.39, 0.29) is 0 Å². The van der Waals surface area contributed by atoms with Crippen LogP contribution in [0.25, 0.3) is 0 Å². The lowest BCUT2D eigenvalue weighted by molar-refractivity contribution is 0.143. The summed E-state index contributed by atoms with van der Waals surface area (Å²) in [4.78, 5) is 0. The Labute approximate surface area is 88.4 Å². The molecule has 3 heteroatoms. The second-order valence-corrected chi connectivity index (χ2v) is 9.24. The number of ether oxygens (including phenoxy) is 1. The molecule has 0 unspecified atom stereocenters. The maximum atomic E-state index is 5.71. The first-order valence-corrected chi connectivity index (χ1v) is 8.94. The van der Waals surface area contributed by atoms with E-state index in [1.807, 2.05) is 0 Å². The zero-order valence-corrected chi connectivity index (χ0v) is 10.6. The highest BCUT2D eigenvalue weighted by atomic mass is 28.4. The van der Waals surface area contributed by atoms with Gasteiger partial charge in [0.2, 0.25) is 0 Å². The molecule has 82 valence electrons. The number of rotatable bonds is 5. The summed E-state index contributed by atoms with van der Waals surface area (Å²) >= 11 is 0. The summed E-state index contributed by atoms with van der Waals surface area (Å²) in [6.07, 6.45) is 7.12. The van der Waals surface area contributed by atoms with Crippen LogP contribution in [-0.4, -0.2) is 21.5 Å². The molecule has 0 bridgehead atoms. The highest BCUT2D eigenvalue weighted by molar-refractivity contribution is 6.69. The molecule has 0 aromatic carbocycles. The predicted molar refractivity (Wildman–Crippen MR) is 61.8 cm³/mol. The van der Waals surface area contributed by atoms with Gasteiger partial charge < -0.3 is 9.16 Å². The minimum atomic E-state index is -1.34. The Bertz CT molecular complexity index is 194. The zero-order chi connectivity index (χ0) is 10.4. The van der Waals surface area contributed by atoms with Gasteiger partial charge in [0.15, 0.2) is 8.32 Å². The summed E-state index contributed by atoms with van der Waals surface area (Å²) in [6.45, 7) is 8.07. The molecular weight excluding hydrogens is 192 g/mol. The van der Waals surface area contributed by atoms with Crippen LogP contribution in [0.5, 0.6) is 0 Å². The van der Waals surface area contributed by atoms with Crippen LogP contribution in [0.3, 0.4) is 0 Å². The standard InChI is InChI=1S/C11H22O2Si/c1-14(2,3)13-10-9-12-11-7-5-4-6-8-11/h7H,4-6,8-10H2,1-3H3. The Morgan fingerprint density at radius 2 is 2.00 bits per heavy atom. The van der Waals surface area contributed by atoms with Gasteiger partial charge in [-0.25, -0.2) is 0 Å². The predicted octanol–water partition coefficient (Wildman–Crippen LogP) is 3.31. The van der Waals surface area contributed by atoms with Crippen LogP contribution in [0.4, 0.5) is 0 Å². The van der Waals surface area contributed by atoms with Crippen molar-refractivity contribution in [3.8, 4) is 0 Å². The molecule has 0 spiro atoms. The van der Waals surface area contributed by atoms with Crippen molar-refractivity contribution in [3.05, 3.63) is 11.8 Å². The van der Waals surface area contributed by atoms with Crippen molar-refractivity contribution in [2.45, 2.75) is 45.3 Å². The molecule has 0 aromatic rings. The Morgan fingerprint density at radius 1 is 1.21 bits per heavy atom. The largest absolute Gasteiger partial charge is 0.496 e. The first kappa shape index (κ1) is 11.8. The second kappa shape index (κ2) is 5.56. The van der Waals surface area contributed by atoms with Gasteiger partial charge in [-0.15, -0.1) is 0 Å². The van der Waals surface area contributed by atoms with Gasteiger partial charge in [-0.1, -0.05) is 0 Å². The van der Waals surface area contributed by atoms with Crippen molar-refractivity contribution in [2.75, 3.05) is 13.2 Å². The maximum Gasteiger partial charge on any atom is 0.183 e. The van der Waals surface area contributed by atoms with Crippen molar-refractivity contribution in [1.29, 1.82) is 0 Å². The molecule has 0 N–H and O–H groups in total. The zero-order valence-electron chi connectivity index (χ0n) is 9.64. The Hall–Kier alpha value is -0.283. The molecule has 0 amide bonds. The van der Waals surface area contributed by atoms with E-state index in [0.717, 1.165) is 19.6 Å². The Balaban J connectivity index is 2.06. The average Bonchev–Trinajstić information content (AvgIpc) is 2.13. The van der Waals surface area contributed by atoms with E-state index >= 15 is 0 Å². The number of hydrogen-bond donors (Lipinski definition) is 0. The lowest BCUT2D eigenvalue weighted by Crippen LogP contribution is -2.27. The van der Waals surface area contributed by atoms with Gasteiger partial charge in [0, 0.05) is 6.42 Å². The third kappa shape index (κ3) is 5.45. The minimum Gasteiger partial charge on any atom is -0.496 e. The monoisotopic (exact) mass is 214 g/mol. The lowest BCUT2D eigenvalue weighted by Gasteiger charge is -2.19. The Morgan fingerprint density at radius 3 is 2.57 bits per heavy atom. The van der Waals surface area contributed by atoms with Gasteiger partial charge >= 0.3 is 0 Å². The van der Waals surface area contributed by atoms with E-state index in [9.17, 15) is 0 Å². The second-order valence-electron chi connectivity index (χ2n) is 4.73. The normalized spacial score (nSPS) is 17.8. The first-order valence-electron chi connectivity index (χ1n) is 5.54. The average molecular weight is 214 g/mol. The molecule has 14 heavy (non-hydrogen) atoms. The van der Waals surface area contributed by atoms with E-state index in [0.29, 0.717) is 0 Å². The summed E-state index contributed by atoms with van der Waals surface area (Å²) in [6, 6.07) is 0. The minimum absolute atomic E-state index is 0.718. The van der Waals surface area contributed by atoms with Gasteiger partial charge in [0.1, 0.15) is 6.61 Å². The SMILES string of the molecule is C[Si](C)(C)OCCOC1=CCCCC1. The van der Waals surface area contributed by atoms with E-state index in [2.05, 4.69) is 25.7 Å². The maximum absolute atomic E-state index is 5.71. The molecule has 1 rings (SSSR count). The van der Waals surface area contributed by atoms with Crippen molar-refractivity contribution in [1.82, 2.24) is 0 Å². The van der Waals surface area contributed by atoms with E-state index in [4.69, 9.17) is 9.16 Å². The lowest BCUT2D eigenvalue weighted by atomic mass is 10.1. The van der Waals surface area contributed by atoms with E-state index < -0.39 is 8.32 Å². The molecule has 1 aliphatic carbocycles. The van der Waals surface area contributed by atoms with Gasteiger partial charge in [0.25, 0.3) is 0 Å². The topological polar surface area (TPSA) is 18.5 Å². The summed E-state index contributed by atoms with van der Waals surface area (Å²) in [7, 11) is -1.34. The molecule has 0 aliphatic heterocycles. The molecule has 0 atom stereocenters. The van der Waals surface area contributed by atoms with Gasteiger partial charge in [-0.05, 0) is 45.0 Å². The molecule has 2 nitrogen and oxygen atoms in total. The third-order valence-corrected chi connectivity index (χ3v) is 3.23. The van der Waals surface area contributed by atoms with Gasteiger partial charge in [0.05, 0.1) is 12.4 Å². The van der Waals surface area contributed by atoms with Crippen LogP contribution in [0.2, 0.25) is 19.6 Å². The fraction of sp³-hybridized carbons (Fsp3) is 0.818. The first-order chi connectivity index (χ1) is 6.58. The summed E-state index contributed by atoms with van der Waals surface area (Å²) in [5.74, 6) is 1.18. The van der Waals surface area contributed by atoms with E-state index in [1.165, 1.54) is 25.0 Å². The quantitative estimate of drug-likeness (QED) is 0.516. The van der Waals surface area contributed by atoms with Crippen LogP contribution in [0.15, 0.2) is 11.8 Å². The molecule has 0 fully saturated rings. The van der Waals surface area contributed by atoms with Crippen molar-refractivity contribution in [2.24, 2.45) is 0 Å². The van der Waals surface area contributed by atoms with Crippen LogP contribution in [0.1, 0.15) is 25.7 Å². The van der Waals surface area contributed by atoms with Crippen molar-refractivity contribution in [3.63, 3.8) is 0 Å². The molecular formula is C11H22O2Si. The Kier molecular flexibility index (Phi) is 4.68. The van der Waals surface area contributed by atoms with Crippen LogP contribution >= 0.6 is 0 Å². The third-order valence-electron chi connectivity index (χ3n) is 2.16. The molecule has 1 aliphatic rings. The molecule has 0 saturated carbocycles. The number of allylic oxidation sites excluding steroid dienone is 2. The molecule has 0 saturated heterocycles. The molecule has 0 aromatic heterocycles. The fourth-order valence-corrected chi connectivity index (χ4v) is 2.16.